The Balaban J connectivity index is 0.852. The number of alkyl halides is 2. The molecular formula is C52H44Br2F2N14O9P+. The average molecular weight is 1240 g/mol. The minimum atomic E-state index is -3.18. The molecule has 0 unspecified atom stereocenters. The van der Waals surface area contributed by atoms with Crippen molar-refractivity contribution in [1.29, 1.82) is 0 Å². The monoisotopic (exact) mass is 1240 g/mol. The van der Waals surface area contributed by atoms with Crippen LogP contribution < -0.4 is 10.6 Å². The second-order valence-electron chi connectivity index (χ2n) is 18.6. The van der Waals surface area contributed by atoms with E-state index in [1.54, 1.807) is 111 Å². The van der Waals surface area contributed by atoms with Gasteiger partial charge in [-0.05, 0) is 105 Å². The van der Waals surface area contributed by atoms with Crippen LogP contribution >= 0.6 is 40.1 Å². The molecular weight excluding hydrogens is 1190 g/mol. The lowest BCUT2D eigenvalue weighted by atomic mass is 10.0. The van der Waals surface area contributed by atoms with Gasteiger partial charge in [0.2, 0.25) is 35.2 Å². The molecule has 0 bridgehead atoms. The van der Waals surface area contributed by atoms with Crippen molar-refractivity contribution in [3.8, 4) is 22.3 Å². The Labute approximate surface area is 470 Å². The predicted octanol–water partition coefficient (Wildman–Crippen LogP) is 7.14. The van der Waals surface area contributed by atoms with Crippen LogP contribution in [-0.2, 0) is 45.9 Å². The Bertz CT molecular complexity index is 3540. The van der Waals surface area contributed by atoms with E-state index in [9.17, 15) is 42.1 Å². The number of anilines is 2. The molecule has 80 heavy (non-hydrogen) atoms. The highest BCUT2D eigenvalue weighted by Crippen LogP contribution is 2.32. The van der Waals surface area contributed by atoms with Gasteiger partial charge in [0.05, 0.1) is 24.1 Å². The summed E-state index contributed by atoms with van der Waals surface area (Å²) < 4.78 is 57.4. The summed E-state index contributed by atoms with van der Waals surface area (Å²) in [5, 5.41) is 14.7. The maximum Gasteiger partial charge on any atom is 0.698 e. The summed E-state index contributed by atoms with van der Waals surface area (Å²) in [5.41, 5.74) is 2.54. The summed E-state index contributed by atoms with van der Waals surface area (Å²) in [7, 11) is -3.18. The second kappa shape index (κ2) is 23.7. The molecule has 8 aromatic rings. The Hall–Kier alpha value is -8.10. The SMILES string of the molecule is Cc1ncc(-c2ccc3c(c2)c(C(=O)CO[P+](=O)OCC(=O)c2nn(CC(=O)N4C[C@H](F)C[C@H]4C(=O)Nc4cccc(Br)n4)c4ccc(-c5cnc(C)nc5)cc24)nn3CC(=O)N2C[C@H](F)C[C@H]2C(=O)Nc2cccc(Br)n2)cn1. The Kier molecular flexibility index (Phi) is 16.4. The van der Waals surface area contributed by atoms with Gasteiger partial charge in [-0.3, -0.25) is 38.1 Å². The summed E-state index contributed by atoms with van der Waals surface area (Å²) in [6.07, 6.45) is 2.83. The van der Waals surface area contributed by atoms with Crippen molar-refractivity contribution in [1.82, 2.24) is 59.3 Å². The maximum atomic E-state index is 15.0. The van der Waals surface area contributed by atoms with Gasteiger partial charge in [0.1, 0.15) is 81.4 Å². The largest absolute Gasteiger partial charge is 0.698 e. The van der Waals surface area contributed by atoms with Crippen molar-refractivity contribution in [3.63, 3.8) is 0 Å². The predicted molar refractivity (Wildman–Crippen MR) is 290 cm³/mol. The van der Waals surface area contributed by atoms with Gasteiger partial charge in [0.25, 0.3) is 0 Å². The van der Waals surface area contributed by atoms with Crippen LogP contribution in [0.4, 0.5) is 20.4 Å². The number of hydrogen-bond donors (Lipinski definition) is 2. The number of aryl methyl sites for hydroxylation is 2. The number of aromatic nitrogens is 10. The van der Waals surface area contributed by atoms with Crippen molar-refractivity contribution >= 4 is 109 Å². The molecule has 0 saturated carbocycles. The van der Waals surface area contributed by atoms with Gasteiger partial charge in [-0.15, -0.1) is 9.05 Å². The summed E-state index contributed by atoms with van der Waals surface area (Å²) in [6.45, 7) is -0.0797. The third kappa shape index (κ3) is 12.4. The number of benzene rings is 2. The van der Waals surface area contributed by atoms with Crippen LogP contribution in [0.3, 0.4) is 0 Å². The number of hydrogen-bond acceptors (Lipinski definition) is 17. The molecule has 0 spiro atoms. The summed E-state index contributed by atoms with van der Waals surface area (Å²) >= 11 is 6.50. The number of rotatable bonds is 18. The van der Waals surface area contributed by atoms with Crippen LogP contribution in [0, 0.1) is 13.8 Å². The lowest BCUT2D eigenvalue weighted by molar-refractivity contribution is -0.137. The number of fused-ring (bicyclic) bond motifs is 2. The highest BCUT2D eigenvalue weighted by atomic mass is 79.9. The van der Waals surface area contributed by atoms with Crippen LogP contribution in [-0.4, -0.2) is 145 Å². The fourth-order valence-electron chi connectivity index (χ4n) is 9.28. The number of ketones is 2. The van der Waals surface area contributed by atoms with Crippen LogP contribution in [0.15, 0.2) is 107 Å². The van der Waals surface area contributed by atoms with Crippen molar-refractivity contribution in [2.75, 3.05) is 36.9 Å². The van der Waals surface area contributed by atoms with Crippen LogP contribution in [0.1, 0.15) is 45.5 Å². The summed E-state index contributed by atoms with van der Waals surface area (Å²) in [6, 6.07) is 17.3. The third-order valence-corrected chi connectivity index (χ3v) is 14.7. The first-order valence-corrected chi connectivity index (χ1v) is 27.3. The molecule has 408 valence electrons. The summed E-state index contributed by atoms with van der Waals surface area (Å²) in [5.74, 6) is -2.80. The molecule has 23 nitrogen and oxygen atoms in total. The van der Waals surface area contributed by atoms with E-state index in [2.05, 4.69) is 82.6 Å². The lowest BCUT2D eigenvalue weighted by Gasteiger charge is -2.23. The van der Waals surface area contributed by atoms with E-state index in [1.807, 2.05) is 0 Å². The molecule has 8 heterocycles. The number of Topliss-reactive ketones (excluding diaryl/α,β-unsaturated/α-hetero) is 2. The van der Waals surface area contributed by atoms with Gasteiger partial charge in [-0.25, -0.2) is 38.7 Å². The fourth-order valence-corrected chi connectivity index (χ4v) is 10.5. The van der Waals surface area contributed by atoms with Gasteiger partial charge < -0.3 is 20.4 Å². The van der Waals surface area contributed by atoms with Gasteiger partial charge in [-0.2, -0.15) is 10.2 Å². The molecule has 2 saturated heterocycles. The van der Waals surface area contributed by atoms with Gasteiger partial charge in [-0.1, -0.05) is 24.3 Å². The van der Waals surface area contributed by atoms with E-state index in [-0.39, 0.29) is 59.7 Å². The molecule has 2 N–H and O–H groups in total. The van der Waals surface area contributed by atoms with Crippen LogP contribution in [0.25, 0.3) is 44.1 Å². The molecule has 4 amide bonds. The molecule has 0 radical (unpaired) electrons. The van der Waals surface area contributed by atoms with Gasteiger partial charge in [0.15, 0.2) is 13.2 Å². The molecule has 6 aromatic heterocycles. The quantitative estimate of drug-likeness (QED) is 0.0490. The number of halogens is 4. The zero-order valence-corrected chi connectivity index (χ0v) is 46.3. The third-order valence-electron chi connectivity index (χ3n) is 13.1. The first-order chi connectivity index (χ1) is 38.4. The lowest BCUT2D eigenvalue weighted by Crippen LogP contribution is -2.44. The maximum absolute atomic E-state index is 15.0. The number of nitrogens with one attached hydrogen (secondary N) is 2. The minimum Gasteiger partial charge on any atom is -0.326 e. The van der Waals surface area contributed by atoms with E-state index in [0.29, 0.717) is 54.1 Å². The van der Waals surface area contributed by atoms with E-state index in [4.69, 9.17) is 9.05 Å². The van der Waals surface area contributed by atoms with Crippen LogP contribution in [0.2, 0.25) is 0 Å². The first-order valence-electron chi connectivity index (χ1n) is 24.6. The van der Waals surface area contributed by atoms with Crippen molar-refractivity contribution in [3.05, 3.63) is 130 Å². The topological polar surface area (TPSA) is 281 Å². The molecule has 2 fully saturated rings. The molecule has 2 aliphatic rings. The normalized spacial score (nSPS) is 17.0. The van der Waals surface area contributed by atoms with Crippen molar-refractivity contribution in [2.24, 2.45) is 0 Å². The number of nitrogens with zero attached hydrogens (tertiary/aromatic N) is 12. The highest BCUT2D eigenvalue weighted by Gasteiger charge is 2.42. The number of carbonyl (C=O) groups excluding carboxylic acids is 6. The number of carbonyl (C=O) groups is 6. The molecule has 28 heteroatoms. The molecule has 2 aliphatic heterocycles. The second-order valence-corrected chi connectivity index (χ2v) is 21.2. The zero-order chi connectivity index (χ0) is 56.4. The van der Waals surface area contributed by atoms with Crippen LogP contribution in [0.5, 0.6) is 0 Å². The van der Waals surface area contributed by atoms with Gasteiger partial charge in [0, 0.05) is 64.1 Å². The Morgan fingerprint density at radius 1 is 0.600 bits per heavy atom. The number of pyridine rings is 2. The number of likely N-dealkylation sites (tertiary alicyclic amines) is 2. The van der Waals surface area contributed by atoms with Gasteiger partial charge >= 0.3 is 8.25 Å². The minimum absolute atomic E-state index is 0.193. The highest BCUT2D eigenvalue weighted by molar-refractivity contribution is 9.10. The first kappa shape index (κ1) is 55.2. The number of amides is 4. The Morgan fingerprint density at radius 2 is 1.00 bits per heavy atom. The van der Waals surface area contributed by atoms with E-state index in [0.717, 1.165) is 9.80 Å². The molecule has 10 rings (SSSR count). The average Bonchev–Trinajstić information content (AvgIpc) is 4.28. The van der Waals surface area contributed by atoms with Crippen molar-refractivity contribution in [2.45, 2.75) is 64.2 Å². The zero-order valence-electron chi connectivity index (χ0n) is 42.2. The van der Waals surface area contributed by atoms with E-state index >= 15 is 0 Å². The van der Waals surface area contributed by atoms with E-state index < -0.39 is 94.2 Å². The summed E-state index contributed by atoms with van der Waals surface area (Å²) in [4.78, 5) is 110. The standard InChI is InChI=1S/C52H43Br2F2N14O9P/c1-27-57-17-31(18-58-27)29-9-11-37-35(13-29)49(65-69(37)23-47(73)67-21-33(55)15-39(67)51(75)63-45-7-3-5-43(53)61-45)41(71)25-78-80(77)79-26-42(72)50-36-14-30(32-19-59-28(2)60-20-32)10-12-38(36)70(66-50)24-48(74)68-22-34(56)16-40(68)52(76)64-46-8-4-6-44(54)62-46/h3-14,17-20,33-34,39-40H,15-16,21-26H2,1-2H3,(H-,61,62,63,64,75,76)/p+1/t33-,34-,39+,40+/m1/s1. The fraction of sp³-hybridized carbons (Fsp3) is 0.269. The van der Waals surface area contributed by atoms with Crippen molar-refractivity contribution < 1.29 is 51.2 Å². The molecule has 4 atom stereocenters. The van der Waals surface area contributed by atoms with E-state index in [1.165, 1.54) is 9.36 Å². The Morgan fingerprint density at radius 3 is 1.39 bits per heavy atom. The molecule has 0 aliphatic carbocycles. The smallest absolute Gasteiger partial charge is 0.326 e. The molecule has 2 aromatic carbocycles.